The third kappa shape index (κ3) is 3.11. The summed E-state index contributed by atoms with van der Waals surface area (Å²) in [7, 11) is 3.64. The molecule has 0 aliphatic carbocycles. The van der Waals surface area contributed by atoms with E-state index in [1.807, 2.05) is 31.7 Å². The summed E-state index contributed by atoms with van der Waals surface area (Å²) in [5.74, 6) is 0.911. The molecule has 2 aromatic rings. The Balaban J connectivity index is 1.99. The Kier molecular flexibility index (Phi) is 4.36. The molecular weight excluding hydrogens is 226 g/mol. The zero-order chi connectivity index (χ0) is 12.8. The summed E-state index contributed by atoms with van der Waals surface area (Å²) in [6.07, 6.45) is 4.76. The number of hydrogen-bond acceptors (Lipinski definition) is 3. The second kappa shape index (κ2) is 6.21. The number of methoxy groups -OCH3 is 1. The van der Waals surface area contributed by atoms with Gasteiger partial charge in [0.2, 0.25) is 0 Å². The predicted molar refractivity (Wildman–Crippen MR) is 71.7 cm³/mol. The van der Waals surface area contributed by atoms with Crippen LogP contribution in [0.25, 0.3) is 0 Å². The fourth-order valence-electron chi connectivity index (χ4n) is 1.96. The normalized spacial score (nSPS) is 10.6. The van der Waals surface area contributed by atoms with Gasteiger partial charge < -0.3 is 14.6 Å². The molecule has 0 saturated carbocycles. The van der Waals surface area contributed by atoms with Crippen molar-refractivity contribution in [2.75, 3.05) is 14.2 Å². The minimum atomic E-state index is 0.845. The number of aromatic nitrogens is 2. The first-order valence-electron chi connectivity index (χ1n) is 6.10. The molecule has 96 valence electrons. The largest absolute Gasteiger partial charge is 0.497 e. The third-order valence-electron chi connectivity index (χ3n) is 2.93. The lowest BCUT2D eigenvalue weighted by atomic mass is 10.1. The fraction of sp³-hybridized carbons (Fsp3) is 0.357. The zero-order valence-electron chi connectivity index (χ0n) is 10.9. The van der Waals surface area contributed by atoms with E-state index in [-0.39, 0.29) is 0 Å². The summed E-state index contributed by atoms with van der Waals surface area (Å²) in [6, 6.07) is 8.19. The lowest BCUT2D eigenvalue weighted by Crippen LogP contribution is -2.11. The summed E-state index contributed by atoms with van der Waals surface area (Å²) in [4.78, 5) is 4.19. The zero-order valence-corrected chi connectivity index (χ0v) is 10.9. The Morgan fingerprint density at radius 1 is 1.39 bits per heavy atom. The molecule has 1 heterocycles. The number of imidazole rings is 1. The van der Waals surface area contributed by atoms with Gasteiger partial charge in [-0.05, 0) is 31.2 Å². The average molecular weight is 245 g/mol. The Bertz CT molecular complexity index is 493. The van der Waals surface area contributed by atoms with Gasteiger partial charge in [0.1, 0.15) is 5.75 Å². The molecule has 2 rings (SSSR count). The third-order valence-corrected chi connectivity index (χ3v) is 2.93. The van der Waals surface area contributed by atoms with Crippen LogP contribution in [0, 0.1) is 0 Å². The molecule has 0 fully saturated rings. The molecule has 0 spiro atoms. The van der Waals surface area contributed by atoms with Crippen LogP contribution in [-0.2, 0) is 19.5 Å². The van der Waals surface area contributed by atoms with Crippen molar-refractivity contribution in [1.82, 2.24) is 14.9 Å². The molecular formula is C14H19N3O. The predicted octanol–water partition coefficient (Wildman–Crippen LogP) is 1.85. The van der Waals surface area contributed by atoms with Gasteiger partial charge in [-0.1, -0.05) is 12.1 Å². The SMILES string of the molecule is CNCc1cncn1CCc1cccc(OC)c1. The van der Waals surface area contributed by atoms with Crippen molar-refractivity contribution in [1.29, 1.82) is 0 Å². The molecule has 0 aliphatic rings. The summed E-state index contributed by atoms with van der Waals surface area (Å²) in [5, 5.41) is 3.15. The highest BCUT2D eigenvalue weighted by Crippen LogP contribution is 2.13. The second-order valence-electron chi connectivity index (χ2n) is 4.21. The van der Waals surface area contributed by atoms with Crippen LogP contribution in [0.5, 0.6) is 5.75 Å². The minimum absolute atomic E-state index is 0.845. The number of rotatable bonds is 6. The standard InChI is InChI=1S/C14H19N3O/c1-15-9-13-10-16-11-17(13)7-6-12-4-3-5-14(8-12)18-2/h3-5,8,10-11,15H,6-7,9H2,1-2H3. The van der Waals surface area contributed by atoms with Crippen LogP contribution in [0.3, 0.4) is 0 Å². The van der Waals surface area contributed by atoms with E-state index >= 15 is 0 Å². The van der Waals surface area contributed by atoms with Crippen molar-refractivity contribution in [3.05, 3.63) is 48.0 Å². The second-order valence-corrected chi connectivity index (χ2v) is 4.21. The van der Waals surface area contributed by atoms with Gasteiger partial charge in [0.25, 0.3) is 0 Å². The van der Waals surface area contributed by atoms with Crippen LogP contribution in [-0.4, -0.2) is 23.7 Å². The number of ether oxygens (including phenoxy) is 1. The lowest BCUT2D eigenvalue weighted by molar-refractivity contribution is 0.414. The van der Waals surface area contributed by atoms with Crippen LogP contribution in [0.1, 0.15) is 11.3 Å². The van der Waals surface area contributed by atoms with Gasteiger partial charge >= 0.3 is 0 Å². The smallest absolute Gasteiger partial charge is 0.119 e. The molecule has 0 amide bonds. The van der Waals surface area contributed by atoms with E-state index in [0.717, 1.165) is 25.3 Å². The van der Waals surface area contributed by atoms with Crippen molar-refractivity contribution in [2.24, 2.45) is 0 Å². The Morgan fingerprint density at radius 3 is 3.06 bits per heavy atom. The molecule has 0 atom stereocenters. The molecule has 18 heavy (non-hydrogen) atoms. The first-order valence-corrected chi connectivity index (χ1v) is 6.10. The first-order chi connectivity index (χ1) is 8.83. The minimum Gasteiger partial charge on any atom is -0.497 e. The Labute approximate surface area is 108 Å². The summed E-state index contributed by atoms with van der Waals surface area (Å²) in [5.41, 5.74) is 2.49. The van der Waals surface area contributed by atoms with Gasteiger partial charge in [0, 0.05) is 19.3 Å². The molecule has 0 radical (unpaired) electrons. The van der Waals surface area contributed by atoms with Gasteiger partial charge in [0.05, 0.1) is 19.1 Å². The van der Waals surface area contributed by atoms with Crippen molar-refractivity contribution in [3.8, 4) is 5.75 Å². The summed E-state index contributed by atoms with van der Waals surface area (Å²) in [6.45, 7) is 1.78. The monoisotopic (exact) mass is 245 g/mol. The van der Waals surface area contributed by atoms with Crippen molar-refractivity contribution in [2.45, 2.75) is 19.5 Å². The topological polar surface area (TPSA) is 39.1 Å². The maximum absolute atomic E-state index is 5.23. The van der Waals surface area contributed by atoms with Gasteiger partial charge in [-0.2, -0.15) is 0 Å². The van der Waals surface area contributed by atoms with Crippen LogP contribution < -0.4 is 10.1 Å². The number of benzene rings is 1. The van der Waals surface area contributed by atoms with Gasteiger partial charge in [-0.3, -0.25) is 0 Å². The van der Waals surface area contributed by atoms with E-state index in [2.05, 4.69) is 27.0 Å². The van der Waals surface area contributed by atoms with E-state index in [0.29, 0.717) is 0 Å². The van der Waals surface area contributed by atoms with Gasteiger partial charge in [0.15, 0.2) is 0 Å². The Morgan fingerprint density at radius 2 is 2.28 bits per heavy atom. The summed E-state index contributed by atoms with van der Waals surface area (Å²) < 4.78 is 7.40. The van der Waals surface area contributed by atoms with E-state index in [4.69, 9.17) is 4.74 Å². The molecule has 0 bridgehead atoms. The van der Waals surface area contributed by atoms with Crippen LogP contribution >= 0.6 is 0 Å². The number of nitrogens with one attached hydrogen (secondary N) is 1. The van der Waals surface area contributed by atoms with E-state index in [1.54, 1.807) is 7.11 Å². The molecule has 0 aliphatic heterocycles. The van der Waals surface area contributed by atoms with Crippen LogP contribution in [0.4, 0.5) is 0 Å². The molecule has 0 unspecified atom stereocenters. The molecule has 4 heteroatoms. The maximum Gasteiger partial charge on any atom is 0.119 e. The van der Waals surface area contributed by atoms with Crippen molar-refractivity contribution >= 4 is 0 Å². The maximum atomic E-state index is 5.23. The van der Waals surface area contributed by atoms with Crippen LogP contribution in [0.2, 0.25) is 0 Å². The number of hydrogen-bond donors (Lipinski definition) is 1. The highest BCUT2D eigenvalue weighted by atomic mass is 16.5. The van der Waals surface area contributed by atoms with E-state index in [9.17, 15) is 0 Å². The molecule has 0 saturated heterocycles. The fourth-order valence-corrected chi connectivity index (χ4v) is 1.96. The van der Waals surface area contributed by atoms with Gasteiger partial charge in [-0.25, -0.2) is 4.98 Å². The number of aryl methyl sites for hydroxylation is 2. The van der Waals surface area contributed by atoms with E-state index < -0.39 is 0 Å². The quantitative estimate of drug-likeness (QED) is 0.844. The van der Waals surface area contributed by atoms with Crippen LogP contribution in [0.15, 0.2) is 36.8 Å². The Hall–Kier alpha value is -1.81. The average Bonchev–Trinajstić information content (AvgIpc) is 2.85. The highest BCUT2D eigenvalue weighted by Gasteiger charge is 2.02. The lowest BCUT2D eigenvalue weighted by Gasteiger charge is -2.08. The van der Waals surface area contributed by atoms with Gasteiger partial charge in [-0.15, -0.1) is 0 Å². The molecule has 1 aromatic carbocycles. The highest BCUT2D eigenvalue weighted by molar-refractivity contribution is 5.28. The summed E-state index contributed by atoms with van der Waals surface area (Å²) >= 11 is 0. The number of nitrogens with zero attached hydrogens (tertiary/aromatic N) is 2. The molecule has 4 nitrogen and oxygen atoms in total. The van der Waals surface area contributed by atoms with E-state index in [1.165, 1.54) is 11.3 Å². The first kappa shape index (κ1) is 12.6. The van der Waals surface area contributed by atoms with Crippen molar-refractivity contribution in [3.63, 3.8) is 0 Å². The molecule has 1 N–H and O–H groups in total. The molecule has 1 aromatic heterocycles. The van der Waals surface area contributed by atoms with Crippen molar-refractivity contribution < 1.29 is 4.74 Å².